The Bertz CT molecular complexity index is 784. The number of carbonyl (C=O) groups is 1. The summed E-state index contributed by atoms with van der Waals surface area (Å²) in [6.45, 7) is 0.973. The van der Waals surface area contributed by atoms with Gasteiger partial charge in [-0.2, -0.15) is 8.78 Å². The highest BCUT2D eigenvalue weighted by atomic mass is 19.3. The van der Waals surface area contributed by atoms with Crippen LogP contribution in [0.5, 0.6) is 5.75 Å². The first-order chi connectivity index (χ1) is 14.1. The predicted molar refractivity (Wildman–Crippen MR) is 104 cm³/mol. The number of halogens is 2. The van der Waals surface area contributed by atoms with Gasteiger partial charge in [0.25, 0.3) is 0 Å². The maximum atomic E-state index is 12.1. The number of aromatic nitrogens is 1. The number of nitrogens with zero attached hydrogens (tertiary/aromatic N) is 2. The van der Waals surface area contributed by atoms with E-state index in [4.69, 9.17) is 4.74 Å². The van der Waals surface area contributed by atoms with Crippen molar-refractivity contribution in [3.05, 3.63) is 53.7 Å². The van der Waals surface area contributed by atoms with E-state index >= 15 is 0 Å². The molecule has 0 radical (unpaired) electrons. The van der Waals surface area contributed by atoms with Gasteiger partial charge in [-0.1, -0.05) is 12.1 Å². The molecule has 2 aromatic rings. The van der Waals surface area contributed by atoms with Crippen LogP contribution in [0.15, 0.2) is 42.6 Å². The molecule has 1 aliphatic rings. The number of urea groups is 1. The van der Waals surface area contributed by atoms with Gasteiger partial charge in [0, 0.05) is 32.4 Å². The molecule has 1 aromatic heterocycles. The van der Waals surface area contributed by atoms with Crippen LogP contribution in [-0.4, -0.2) is 50.5 Å². The summed E-state index contributed by atoms with van der Waals surface area (Å²) in [6, 6.07) is 9.92. The molecule has 1 aromatic carbocycles. The zero-order valence-corrected chi connectivity index (χ0v) is 15.9. The van der Waals surface area contributed by atoms with E-state index in [0.717, 1.165) is 30.0 Å². The van der Waals surface area contributed by atoms with Crippen LogP contribution in [0.4, 0.5) is 19.4 Å². The molecule has 0 bridgehead atoms. The van der Waals surface area contributed by atoms with Gasteiger partial charge in [-0.3, -0.25) is 0 Å². The van der Waals surface area contributed by atoms with Crippen LogP contribution in [0, 0.1) is 0 Å². The van der Waals surface area contributed by atoms with Crippen LogP contribution in [0.3, 0.4) is 0 Å². The first-order valence-corrected chi connectivity index (χ1v) is 9.43. The molecule has 2 amide bonds. The monoisotopic (exact) mass is 406 g/mol. The van der Waals surface area contributed by atoms with Gasteiger partial charge >= 0.3 is 12.6 Å². The molecular formula is C20H24F2N4O3. The minimum absolute atomic E-state index is 0.114. The number of morpholine rings is 1. The molecular weight excluding hydrogens is 382 g/mol. The van der Waals surface area contributed by atoms with Gasteiger partial charge < -0.3 is 25.0 Å². The minimum atomic E-state index is -2.84. The van der Waals surface area contributed by atoms with E-state index in [1.54, 1.807) is 18.3 Å². The molecule has 1 aliphatic heterocycles. The average Bonchev–Trinajstić information content (AvgIpc) is 2.74. The van der Waals surface area contributed by atoms with Gasteiger partial charge in [0.1, 0.15) is 11.6 Å². The van der Waals surface area contributed by atoms with Crippen LogP contribution < -0.4 is 20.3 Å². The summed E-state index contributed by atoms with van der Waals surface area (Å²) in [5, 5.41) is 5.60. The first-order valence-electron chi connectivity index (χ1n) is 9.43. The summed E-state index contributed by atoms with van der Waals surface area (Å²) in [5.74, 6) is 0.996. The van der Waals surface area contributed by atoms with Crippen molar-refractivity contribution in [2.75, 3.05) is 37.7 Å². The summed E-state index contributed by atoms with van der Waals surface area (Å²) < 4.78 is 33.9. The minimum Gasteiger partial charge on any atom is -0.435 e. The third-order valence-electron chi connectivity index (χ3n) is 4.45. The number of ether oxygens (including phenoxy) is 2. The normalized spacial score (nSPS) is 14.0. The number of rotatable bonds is 8. The molecule has 2 N–H and O–H groups in total. The third-order valence-corrected chi connectivity index (χ3v) is 4.45. The third kappa shape index (κ3) is 6.86. The summed E-state index contributed by atoms with van der Waals surface area (Å²) in [7, 11) is 0. The Hall–Kier alpha value is -2.94. The Balaban J connectivity index is 1.39. The first kappa shape index (κ1) is 20.8. The maximum Gasteiger partial charge on any atom is 0.387 e. The van der Waals surface area contributed by atoms with Gasteiger partial charge in [0.15, 0.2) is 0 Å². The lowest BCUT2D eigenvalue weighted by Crippen LogP contribution is -2.37. The Morgan fingerprint density at radius 3 is 2.62 bits per heavy atom. The lowest BCUT2D eigenvalue weighted by Gasteiger charge is -2.28. The quantitative estimate of drug-likeness (QED) is 0.705. The summed E-state index contributed by atoms with van der Waals surface area (Å²) in [4.78, 5) is 18.5. The molecule has 0 spiro atoms. The highest BCUT2D eigenvalue weighted by molar-refractivity contribution is 5.73. The number of alkyl halides is 2. The fourth-order valence-corrected chi connectivity index (χ4v) is 2.94. The fraction of sp³-hybridized carbons (Fsp3) is 0.400. The number of pyridine rings is 1. The topological polar surface area (TPSA) is 75.7 Å². The SMILES string of the molecule is O=C(NCCc1ccc(OC(F)F)cc1)NCc1ccnc(N2CCOCC2)c1. The summed E-state index contributed by atoms with van der Waals surface area (Å²) in [6.07, 6.45) is 2.32. The summed E-state index contributed by atoms with van der Waals surface area (Å²) in [5.41, 5.74) is 1.88. The number of carbonyl (C=O) groups excluding carboxylic acids is 1. The molecule has 1 saturated heterocycles. The highest BCUT2D eigenvalue weighted by Crippen LogP contribution is 2.15. The van der Waals surface area contributed by atoms with Crippen molar-refractivity contribution in [3.8, 4) is 5.75 Å². The number of anilines is 1. The molecule has 0 aliphatic carbocycles. The number of amides is 2. The Kier molecular flexibility index (Phi) is 7.57. The molecule has 156 valence electrons. The Labute approximate surface area is 168 Å². The van der Waals surface area contributed by atoms with E-state index < -0.39 is 6.61 Å². The zero-order chi connectivity index (χ0) is 20.5. The van der Waals surface area contributed by atoms with Crippen molar-refractivity contribution in [2.45, 2.75) is 19.6 Å². The average molecular weight is 406 g/mol. The van der Waals surface area contributed by atoms with E-state index in [9.17, 15) is 13.6 Å². The van der Waals surface area contributed by atoms with Crippen molar-refractivity contribution in [1.29, 1.82) is 0 Å². The maximum absolute atomic E-state index is 12.1. The number of benzene rings is 1. The molecule has 0 unspecified atom stereocenters. The van der Waals surface area contributed by atoms with Crippen LogP contribution >= 0.6 is 0 Å². The van der Waals surface area contributed by atoms with Gasteiger partial charge in [-0.05, 0) is 41.8 Å². The van der Waals surface area contributed by atoms with Gasteiger partial charge in [0.05, 0.1) is 13.2 Å². The van der Waals surface area contributed by atoms with E-state index in [0.29, 0.717) is 32.7 Å². The second-order valence-electron chi connectivity index (χ2n) is 6.50. The number of hydrogen-bond donors (Lipinski definition) is 2. The van der Waals surface area contributed by atoms with Crippen LogP contribution in [0.25, 0.3) is 0 Å². The Morgan fingerprint density at radius 1 is 1.14 bits per heavy atom. The van der Waals surface area contributed by atoms with E-state index in [1.807, 2.05) is 12.1 Å². The van der Waals surface area contributed by atoms with E-state index in [2.05, 4.69) is 25.3 Å². The fourth-order valence-electron chi connectivity index (χ4n) is 2.94. The van der Waals surface area contributed by atoms with Gasteiger partial charge in [-0.25, -0.2) is 9.78 Å². The molecule has 0 atom stereocenters. The number of nitrogens with one attached hydrogen (secondary N) is 2. The second-order valence-corrected chi connectivity index (χ2v) is 6.50. The molecule has 7 nitrogen and oxygen atoms in total. The molecule has 29 heavy (non-hydrogen) atoms. The van der Waals surface area contributed by atoms with Crippen molar-refractivity contribution in [1.82, 2.24) is 15.6 Å². The lowest BCUT2D eigenvalue weighted by molar-refractivity contribution is -0.0498. The number of hydrogen-bond acceptors (Lipinski definition) is 5. The molecule has 1 fully saturated rings. The lowest BCUT2D eigenvalue weighted by atomic mass is 10.1. The second kappa shape index (κ2) is 10.6. The van der Waals surface area contributed by atoms with E-state index in [-0.39, 0.29) is 11.8 Å². The van der Waals surface area contributed by atoms with Crippen LogP contribution in [-0.2, 0) is 17.7 Å². The standard InChI is InChI=1S/C20H24F2N4O3/c21-19(22)29-17-3-1-15(2-4-17)5-8-24-20(27)25-14-16-6-7-23-18(13-16)26-9-11-28-12-10-26/h1-4,6-7,13,19H,5,8-12,14H2,(H2,24,25,27). The van der Waals surface area contributed by atoms with Crippen molar-refractivity contribution in [2.24, 2.45) is 0 Å². The van der Waals surface area contributed by atoms with E-state index in [1.165, 1.54) is 12.1 Å². The van der Waals surface area contributed by atoms with Crippen LogP contribution in [0.1, 0.15) is 11.1 Å². The molecule has 0 saturated carbocycles. The van der Waals surface area contributed by atoms with Crippen molar-refractivity contribution in [3.63, 3.8) is 0 Å². The Morgan fingerprint density at radius 2 is 1.90 bits per heavy atom. The van der Waals surface area contributed by atoms with Gasteiger partial charge in [-0.15, -0.1) is 0 Å². The smallest absolute Gasteiger partial charge is 0.387 e. The predicted octanol–water partition coefficient (Wildman–Crippen LogP) is 2.56. The van der Waals surface area contributed by atoms with Gasteiger partial charge in [0.2, 0.25) is 0 Å². The highest BCUT2D eigenvalue weighted by Gasteiger charge is 2.12. The van der Waals surface area contributed by atoms with Crippen molar-refractivity contribution >= 4 is 11.8 Å². The van der Waals surface area contributed by atoms with Crippen LogP contribution in [0.2, 0.25) is 0 Å². The molecule has 9 heteroatoms. The molecule has 2 heterocycles. The zero-order valence-electron chi connectivity index (χ0n) is 15.9. The van der Waals surface area contributed by atoms with Crippen molar-refractivity contribution < 1.29 is 23.0 Å². The molecule has 3 rings (SSSR count). The largest absolute Gasteiger partial charge is 0.435 e. The summed E-state index contributed by atoms with van der Waals surface area (Å²) >= 11 is 0.